The molecule has 0 bridgehead atoms. The van der Waals surface area contributed by atoms with Gasteiger partial charge in [-0.05, 0) is 229 Å². The molecule has 0 aliphatic carbocycles. The molecule has 0 saturated heterocycles. The average molecular weight is 1830 g/mol. The largest absolute Gasteiger partial charge is 1.00 e. The zero-order valence-electron chi connectivity index (χ0n) is 77.2. The van der Waals surface area contributed by atoms with Gasteiger partial charge in [-0.25, -0.2) is 19.2 Å². The van der Waals surface area contributed by atoms with Gasteiger partial charge >= 0.3 is 75.6 Å². The van der Waals surface area contributed by atoms with E-state index in [4.69, 9.17) is 69.4 Å². The first kappa shape index (κ1) is 114. The molecule has 7 aromatic carbocycles. The van der Waals surface area contributed by atoms with Crippen LogP contribution in [0.1, 0.15) is 135 Å². The van der Waals surface area contributed by atoms with Crippen molar-refractivity contribution in [1.29, 1.82) is 0 Å². The van der Waals surface area contributed by atoms with Crippen molar-refractivity contribution in [2.24, 2.45) is 42.2 Å². The summed E-state index contributed by atoms with van der Waals surface area (Å²) in [5, 5.41) is 69.0. The topological polar surface area (TPSA) is 490 Å². The molecule has 8 rings (SSSR count). The Kier molecular flexibility index (Phi) is 56.7. The van der Waals surface area contributed by atoms with Crippen LogP contribution in [0.3, 0.4) is 0 Å². The maximum absolute atomic E-state index is 12.3. The molecule has 0 saturated carbocycles. The van der Waals surface area contributed by atoms with E-state index in [1.54, 1.807) is 126 Å². The Bertz CT molecular complexity index is 4300. The van der Waals surface area contributed by atoms with E-state index < -0.39 is 52.9 Å². The van der Waals surface area contributed by atoms with Gasteiger partial charge in [0.1, 0.15) is 16.8 Å². The van der Waals surface area contributed by atoms with Crippen LogP contribution in [0.25, 0.3) is 5.32 Å². The van der Waals surface area contributed by atoms with Gasteiger partial charge in [-0.15, -0.1) is 0 Å². The molecule has 0 unspecified atom stereocenters. The number of azo groups is 3. The molecule has 0 spiro atoms. The third-order valence-corrected chi connectivity index (χ3v) is 16.9. The molecule has 1 aliphatic rings. The molecule has 7 aromatic rings. The molecule has 1 aliphatic heterocycles. The number of nitrogens with zero attached hydrogens (tertiary/aromatic N) is 10. The van der Waals surface area contributed by atoms with Gasteiger partial charge in [0.25, 0.3) is 11.8 Å². The second-order valence-corrected chi connectivity index (χ2v) is 30.6. The minimum Gasteiger partial charge on any atom is -0.587 e. The first-order valence-corrected chi connectivity index (χ1v) is 42.6. The molecule has 12 N–H and O–H groups in total. The van der Waals surface area contributed by atoms with Crippen molar-refractivity contribution in [3.05, 3.63) is 203 Å². The van der Waals surface area contributed by atoms with Crippen molar-refractivity contribution in [3.8, 4) is 0 Å². The van der Waals surface area contributed by atoms with Crippen LogP contribution in [-0.4, -0.2) is 258 Å². The Morgan fingerprint density at radius 1 is 0.346 bits per heavy atom. The standard InChI is InChI=1S/C28H42N6O5.C28H41N5O6.C17H19N3O3.C11H24N2O4.C8H5NO2.K/c1-5-34(17-14-29)25-12-10-24(11-13-25)33-32-23-8-6-22(7-9-23)26(35)30-15-18-37-20-21-38-19-16-31-27(36)39-28(2,3)4;1-5-33(16-17-34)25-12-10-24(11-13-25)32-31-23-8-6-22(7-9-23)26(35)29-14-18-37-20-21-38-19-15-30-27(36)39-28(2,3)4;1-2-20(11-12-21)16-9-7-15(8-10-16)19-18-14-5-3-13(4-6-14)17(22)23;1-11(2,3)17-10(14)13-5-7-16-9-8-15-6-4-12;10-7-5-3-1-2-4-6(5)8(11)9-7;/h6-13H,5,14-21,29H2,1-4H3,(H,30,35)(H,31,36);6-13,34H,5,14-21H2,1-4H3,(H,29,35)(H,30,36);3-10,21H,2,11-12H2,1H3,(H,22,23);4-9,12H2,1-3H3,(H,13,14);1-4H,(H,9,10,11);/q;;;;;+1/p-1. The van der Waals surface area contributed by atoms with Gasteiger partial charge in [-0.1, -0.05) is 24.3 Å². The van der Waals surface area contributed by atoms with Gasteiger partial charge in [-0.3, -0.25) is 9.59 Å². The van der Waals surface area contributed by atoms with E-state index >= 15 is 0 Å². The number of aliphatic hydroxyl groups is 2. The zero-order valence-corrected chi connectivity index (χ0v) is 80.3. The number of ether oxygens (including phenoxy) is 9. The van der Waals surface area contributed by atoms with Gasteiger partial charge in [-0.2, -0.15) is 30.7 Å². The Labute approximate surface area is 804 Å². The third kappa shape index (κ3) is 50.5. The van der Waals surface area contributed by atoms with Crippen LogP contribution in [0, 0.1) is 0 Å². The van der Waals surface area contributed by atoms with Crippen molar-refractivity contribution in [2.45, 2.75) is 99.9 Å². The van der Waals surface area contributed by atoms with E-state index in [1.165, 1.54) is 12.1 Å². The van der Waals surface area contributed by atoms with Crippen molar-refractivity contribution < 1.29 is 148 Å². The van der Waals surface area contributed by atoms with Crippen LogP contribution in [0.5, 0.6) is 0 Å². The number of anilines is 3. The van der Waals surface area contributed by atoms with Crippen molar-refractivity contribution in [1.82, 2.24) is 26.6 Å². The molecular weight excluding hydrogens is 1700 g/mol. The number of imide groups is 1. The second-order valence-electron chi connectivity index (χ2n) is 30.6. The summed E-state index contributed by atoms with van der Waals surface area (Å²) in [7, 11) is 0. The normalized spacial score (nSPS) is 11.5. The Hall–Kier alpha value is -10.7. The Morgan fingerprint density at radius 2 is 0.592 bits per heavy atom. The number of nitrogens with one attached hydrogen (secondary N) is 5. The number of hydrogen-bond donors (Lipinski definition) is 10. The maximum atomic E-state index is 12.3. The average Bonchev–Trinajstić information content (AvgIpc) is 1.68. The van der Waals surface area contributed by atoms with Crippen LogP contribution < -0.4 is 104 Å². The molecule has 0 fully saturated rings. The van der Waals surface area contributed by atoms with Gasteiger partial charge in [0.05, 0.1) is 144 Å². The summed E-state index contributed by atoms with van der Waals surface area (Å²) in [5.74, 6) is -2.21. The SMILES string of the molecule is CC(C)(C)OC(=O)NCCOCCOCCN.CCN(CCN)c1ccc(N=Nc2ccc(C(=O)NCCOCCOCCNC(=O)OC(C)(C)C)cc2)cc1.CCN(CCO)c1ccc(N=Nc2ccc(C(=O)NCCOCCOCCNC(=O)OC(C)(C)C)cc2)cc1.CCN(CCO)c1ccc(N=Nc2ccc(C(=O)O)cc2)cc1.O=C1[N-]C(=O)c2ccccc21.[K+]. The number of benzene rings is 7. The van der Waals surface area contributed by atoms with Crippen LogP contribution in [0.2, 0.25) is 0 Å². The van der Waals surface area contributed by atoms with E-state index in [2.05, 4.69) is 84.2 Å². The number of carbonyl (C=O) groups is 8. The van der Waals surface area contributed by atoms with E-state index in [0.29, 0.717) is 189 Å². The first-order valence-electron chi connectivity index (χ1n) is 42.6. The summed E-state index contributed by atoms with van der Waals surface area (Å²) in [6, 6.07) is 49.7. The Morgan fingerprint density at radius 3 is 0.831 bits per heavy atom. The molecule has 704 valence electrons. The molecule has 0 aromatic heterocycles. The van der Waals surface area contributed by atoms with Crippen LogP contribution in [-0.2, 0) is 42.6 Å². The number of hydrogen-bond acceptors (Lipinski definition) is 30. The van der Waals surface area contributed by atoms with E-state index in [1.807, 2.05) is 107 Å². The van der Waals surface area contributed by atoms with Gasteiger partial charge in [0.15, 0.2) is 0 Å². The molecular formula is C92H130KN17O20. The zero-order chi connectivity index (χ0) is 94.7. The summed E-state index contributed by atoms with van der Waals surface area (Å²) in [4.78, 5) is 97.8. The smallest absolute Gasteiger partial charge is 0.587 e. The fraction of sp³-hybridized carbons (Fsp3) is 0.457. The van der Waals surface area contributed by atoms with E-state index in [0.717, 1.165) is 48.9 Å². The fourth-order valence-electron chi connectivity index (χ4n) is 10.8. The summed E-state index contributed by atoms with van der Waals surface area (Å²) >= 11 is 0. The van der Waals surface area contributed by atoms with Crippen LogP contribution in [0.4, 0.5) is 65.6 Å². The Balaban J connectivity index is 0.000000444. The predicted molar refractivity (Wildman–Crippen MR) is 495 cm³/mol. The number of fused-ring (bicyclic) bond motifs is 1. The van der Waals surface area contributed by atoms with Crippen LogP contribution in [0.15, 0.2) is 201 Å². The minimum absolute atomic E-state index is 0. The van der Waals surface area contributed by atoms with Crippen molar-refractivity contribution in [2.75, 3.05) is 192 Å². The summed E-state index contributed by atoms with van der Waals surface area (Å²) in [6.45, 7) is 35.1. The number of carboxylic acids is 1. The maximum Gasteiger partial charge on any atom is 1.00 e. The number of rotatable bonds is 47. The van der Waals surface area contributed by atoms with E-state index in [-0.39, 0.29) is 82.0 Å². The molecule has 7 amide bonds. The summed E-state index contributed by atoms with van der Waals surface area (Å²) in [5.41, 5.74) is 18.7. The predicted octanol–water partition coefficient (Wildman–Crippen LogP) is 10.9. The molecule has 0 atom stereocenters. The fourth-order valence-corrected chi connectivity index (χ4v) is 10.8. The number of nitrogens with two attached hydrogens (primary N) is 2. The van der Waals surface area contributed by atoms with Gasteiger partial charge in [0, 0.05) is 124 Å². The van der Waals surface area contributed by atoms with Gasteiger partial charge in [0.2, 0.25) is 0 Å². The van der Waals surface area contributed by atoms with Gasteiger partial charge < -0.3 is 126 Å². The molecule has 37 nitrogen and oxygen atoms in total. The molecule has 1 heterocycles. The third-order valence-electron chi connectivity index (χ3n) is 16.9. The van der Waals surface area contributed by atoms with Crippen LogP contribution >= 0.6 is 0 Å². The number of carbonyl (C=O) groups excluding carboxylic acids is 7. The molecule has 130 heavy (non-hydrogen) atoms. The monoisotopic (exact) mass is 1830 g/mol. The minimum atomic E-state index is -0.965. The number of likely N-dealkylation sites (N-methyl/N-ethyl adjacent to an activating group) is 3. The number of aliphatic hydroxyl groups excluding tert-OH is 2. The first-order chi connectivity index (χ1) is 61.8. The quantitative estimate of drug-likeness (QED) is 0.00557. The van der Waals surface area contributed by atoms with E-state index in [9.17, 15) is 38.4 Å². The number of aromatic carboxylic acids is 1. The van der Waals surface area contributed by atoms with Crippen molar-refractivity contribution >= 4 is 99.1 Å². The summed E-state index contributed by atoms with van der Waals surface area (Å²) < 4.78 is 47.4. The molecule has 38 heteroatoms. The second kappa shape index (κ2) is 65.0. The number of carboxylic acid groups (broad SMARTS) is 1. The number of alkyl carbamates (subject to hydrolysis) is 3. The number of amides is 7. The van der Waals surface area contributed by atoms with Crippen molar-refractivity contribution in [3.63, 3.8) is 0 Å². The summed E-state index contributed by atoms with van der Waals surface area (Å²) in [6.07, 6.45) is -1.38. The molecule has 0 radical (unpaired) electrons.